The van der Waals surface area contributed by atoms with Gasteiger partial charge in [-0.25, -0.2) is 0 Å². The van der Waals surface area contributed by atoms with E-state index >= 15 is 0 Å². The third-order valence-corrected chi connectivity index (χ3v) is 1.06. The van der Waals surface area contributed by atoms with Crippen molar-refractivity contribution in [1.29, 1.82) is 0 Å². The van der Waals surface area contributed by atoms with Gasteiger partial charge in [-0.15, -0.1) is 0 Å². The molecule has 0 rings (SSSR count). The summed E-state index contributed by atoms with van der Waals surface area (Å²) in [6.07, 6.45) is 0. The van der Waals surface area contributed by atoms with Crippen molar-refractivity contribution >= 4 is 8.22 Å². The number of nitrogens with two attached hydrogens (primary N) is 1. The normalized spacial score (nSPS) is 15.0. The molecule has 1 atom stereocenters. The van der Waals surface area contributed by atoms with Crippen LogP contribution in [0.15, 0.2) is 0 Å². The van der Waals surface area contributed by atoms with Crippen molar-refractivity contribution in [2.45, 2.75) is 0 Å². The van der Waals surface area contributed by atoms with Gasteiger partial charge in [0.1, 0.15) is 0 Å². The third kappa shape index (κ3) is 4.35. The molecule has 5 heavy (non-hydrogen) atoms. The van der Waals surface area contributed by atoms with E-state index in [0.29, 0.717) is 0 Å². The molecule has 0 heterocycles. The largest absolute Gasteiger partial charge is 0.298 e. The minimum absolute atomic E-state index is 0.348. The molecule has 3 N–H and O–H groups in total. The van der Waals surface area contributed by atoms with Crippen LogP contribution in [0, 0.1) is 0 Å². The van der Waals surface area contributed by atoms with Crippen LogP contribution in [0.4, 0.5) is 0 Å². The average Bonchev–Trinajstić information content (AvgIpc) is 1.38. The standard InChI is InChI=1S/C2H9N2P/c1-4-5(2)3/h4H,3H2,1-2H3. The van der Waals surface area contributed by atoms with Gasteiger partial charge in [0, 0.05) is 8.22 Å². The Balaban J connectivity index is 2.54. The van der Waals surface area contributed by atoms with Crippen molar-refractivity contribution in [3.05, 3.63) is 0 Å². The smallest absolute Gasteiger partial charge is 0.0274 e. The highest BCUT2D eigenvalue weighted by Crippen LogP contribution is 2.06. The summed E-state index contributed by atoms with van der Waals surface area (Å²) in [6.45, 7) is 1.95. The molecule has 0 saturated heterocycles. The van der Waals surface area contributed by atoms with Gasteiger partial charge in [0.15, 0.2) is 0 Å². The first-order chi connectivity index (χ1) is 2.27. The number of hydrogen-bond donors (Lipinski definition) is 2. The molecule has 0 spiro atoms. The molecule has 0 aromatic heterocycles. The van der Waals surface area contributed by atoms with Gasteiger partial charge in [-0.1, -0.05) is 0 Å². The number of nitrogens with one attached hydrogen (secondary N) is 1. The minimum Gasteiger partial charge on any atom is -0.298 e. The van der Waals surface area contributed by atoms with Gasteiger partial charge in [0.2, 0.25) is 0 Å². The van der Waals surface area contributed by atoms with Crippen LogP contribution in [-0.4, -0.2) is 13.7 Å². The zero-order valence-corrected chi connectivity index (χ0v) is 4.42. The lowest BCUT2D eigenvalue weighted by atomic mass is 11.6. The summed E-state index contributed by atoms with van der Waals surface area (Å²) in [5.74, 6) is 0. The first-order valence-electron chi connectivity index (χ1n) is 1.43. The molecule has 0 amide bonds. The summed E-state index contributed by atoms with van der Waals surface area (Å²) in [5, 5.41) is 2.87. The Morgan fingerprint density at radius 2 is 2.00 bits per heavy atom. The van der Waals surface area contributed by atoms with E-state index < -0.39 is 0 Å². The highest BCUT2D eigenvalue weighted by molar-refractivity contribution is 7.52. The maximum absolute atomic E-state index is 5.25. The fourth-order valence-corrected chi connectivity index (χ4v) is 0. The van der Waals surface area contributed by atoms with E-state index in [-0.39, 0.29) is 8.22 Å². The maximum Gasteiger partial charge on any atom is 0.0274 e. The highest BCUT2D eigenvalue weighted by Gasteiger charge is 1.76. The van der Waals surface area contributed by atoms with E-state index in [2.05, 4.69) is 5.09 Å². The van der Waals surface area contributed by atoms with Crippen LogP contribution in [0.5, 0.6) is 0 Å². The van der Waals surface area contributed by atoms with Crippen LogP contribution in [0.25, 0.3) is 0 Å². The van der Waals surface area contributed by atoms with Crippen molar-refractivity contribution in [3.8, 4) is 0 Å². The van der Waals surface area contributed by atoms with Gasteiger partial charge in [0.25, 0.3) is 0 Å². The molecule has 32 valence electrons. The Bertz CT molecular complexity index is 21.6. The van der Waals surface area contributed by atoms with Gasteiger partial charge in [-0.2, -0.15) is 0 Å². The average molecular weight is 92.1 g/mol. The molecule has 0 aliphatic carbocycles. The van der Waals surface area contributed by atoms with Crippen molar-refractivity contribution in [2.24, 2.45) is 5.50 Å². The van der Waals surface area contributed by atoms with Gasteiger partial charge in [-0.3, -0.25) is 10.6 Å². The van der Waals surface area contributed by atoms with Crippen LogP contribution in [-0.2, 0) is 0 Å². The van der Waals surface area contributed by atoms with Gasteiger partial charge in [0.05, 0.1) is 0 Å². The summed E-state index contributed by atoms with van der Waals surface area (Å²) in [7, 11) is 1.50. The Hall–Kier alpha value is 0.350. The maximum atomic E-state index is 5.25. The zero-order chi connectivity index (χ0) is 4.28. The summed E-state index contributed by atoms with van der Waals surface area (Å²) in [4.78, 5) is 0. The Kier molecular flexibility index (Phi) is 2.76. The lowest BCUT2D eigenvalue weighted by molar-refractivity contribution is 1.26. The Morgan fingerprint density at radius 1 is 1.80 bits per heavy atom. The second-order valence-electron chi connectivity index (χ2n) is 0.835. The van der Waals surface area contributed by atoms with Crippen LogP contribution >= 0.6 is 8.22 Å². The van der Waals surface area contributed by atoms with E-state index in [9.17, 15) is 0 Å². The summed E-state index contributed by atoms with van der Waals surface area (Å²) < 4.78 is 0. The lowest BCUT2D eigenvalue weighted by Gasteiger charge is -1.96. The predicted molar refractivity (Wildman–Crippen MR) is 26.1 cm³/mol. The van der Waals surface area contributed by atoms with Crippen LogP contribution in [0.2, 0.25) is 0 Å². The van der Waals surface area contributed by atoms with Crippen LogP contribution < -0.4 is 10.6 Å². The summed E-state index contributed by atoms with van der Waals surface area (Å²) in [6, 6.07) is 0. The summed E-state index contributed by atoms with van der Waals surface area (Å²) >= 11 is 0. The monoisotopic (exact) mass is 92.1 g/mol. The molecule has 0 radical (unpaired) electrons. The molecular formula is C2H9N2P. The molecule has 0 bridgehead atoms. The second kappa shape index (κ2) is 2.58. The molecule has 2 nitrogen and oxygen atoms in total. The van der Waals surface area contributed by atoms with Crippen molar-refractivity contribution in [1.82, 2.24) is 5.09 Å². The Morgan fingerprint density at radius 3 is 2.00 bits per heavy atom. The number of hydrogen-bond acceptors (Lipinski definition) is 2. The molecule has 0 aromatic carbocycles. The van der Waals surface area contributed by atoms with Gasteiger partial charge in [-0.05, 0) is 13.7 Å². The molecule has 0 aliphatic rings. The minimum atomic E-state index is -0.348. The van der Waals surface area contributed by atoms with E-state index in [1.165, 1.54) is 0 Å². The first-order valence-corrected chi connectivity index (χ1v) is 3.29. The van der Waals surface area contributed by atoms with E-state index in [0.717, 1.165) is 0 Å². The van der Waals surface area contributed by atoms with E-state index in [1.54, 1.807) is 0 Å². The molecule has 0 aromatic rings. The van der Waals surface area contributed by atoms with E-state index in [4.69, 9.17) is 5.50 Å². The van der Waals surface area contributed by atoms with Crippen molar-refractivity contribution < 1.29 is 0 Å². The topological polar surface area (TPSA) is 38.0 Å². The van der Waals surface area contributed by atoms with E-state index in [1.807, 2.05) is 13.7 Å². The first kappa shape index (κ1) is 5.35. The molecule has 0 fully saturated rings. The zero-order valence-electron chi connectivity index (χ0n) is 3.52. The van der Waals surface area contributed by atoms with Crippen molar-refractivity contribution in [2.75, 3.05) is 13.7 Å². The molecule has 3 heteroatoms. The quantitative estimate of drug-likeness (QED) is 0.450. The fourth-order valence-electron chi connectivity index (χ4n) is 0. The van der Waals surface area contributed by atoms with Crippen LogP contribution in [0.3, 0.4) is 0 Å². The highest BCUT2D eigenvalue weighted by atomic mass is 31.1. The summed E-state index contributed by atoms with van der Waals surface area (Å²) in [5.41, 5.74) is 5.25. The lowest BCUT2D eigenvalue weighted by Crippen LogP contribution is -2.02. The molecule has 1 unspecified atom stereocenters. The molecule has 0 aliphatic heterocycles. The second-order valence-corrected chi connectivity index (χ2v) is 2.50. The van der Waals surface area contributed by atoms with Gasteiger partial charge >= 0.3 is 0 Å². The molecule has 0 saturated carbocycles. The fraction of sp³-hybridized carbons (Fsp3) is 1.00. The Labute approximate surface area is 33.6 Å². The van der Waals surface area contributed by atoms with Crippen molar-refractivity contribution in [3.63, 3.8) is 0 Å². The number of rotatable bonds is 1. The molecular weight excluding hydrogens is 83.0 g/mol. The van der Waals surface area contributed by atoms with Crippen LogP contribution in [0.1, 0.15) is 0 Å². The predicted octanol–water partition coefficient (Wildman–Crippen LogP) is 0.106. The SMILES string of the molecule is CNP(C)N. The van der Waals surface area contributed by atoms with Gasteiger partial charge < -0.3 is 0 Å². The third-order valence-electron chi connectivity index (χ3n) is 0.353.